The standard InChI is InChI=1S/C17H30N4S.HI/c1-12(2)15-11-22-16(21-15)10-20-17(18-4)19-9-14-7-5-13(3)6-8-14;/h11-14H,5-10H2,1-4H3,(H2,18,19,20);1H. The molecule has 0 aromatic carbocycles. The third-order valence-electron chi connectivity index (χ3n) is 4.49. The summed E-state index contributed by atoms with van der Waals surface area (Å²) in [6.45, 7) is 8.50. The van der Waals surface area contributed by atoms with Gasteiger partial charge < -0.3 is 10.6 Å². The summed E-state index contributed by atoms with van der Waals surface area (Å²) in [5.74, 6) is 3.09. The molecule has 6 heteroatoms. The third kappa shape index (κ3) is 6.95. The zero-order chi connectivity index (χ0) is 15.9. The Morgan fingerprint density at radius 1 is 1.30 bits per heavy atom. The first-order valence-corrected chi connectivity index (χ1v) is 9.35. The van der Waals surface area contributed by atoms with Crippen molar-refractivity contribution < 1.29 is 0 Å². The Balaban J connectivity index is 0.00000264. The van der Waals surface area contributed by atoms with Gasteiger partial charge in [0.25, 0.3) is 0 Å². The molecule has 2 N–H and O–H groups in total. The Morgan fingerprint density at radius 2 is 2.00 bits per heavy atom. The minimum atomic E-state index is 0. The molecule has 2 rings (SSSR count). The fraction of sp³-hybridized carbons (Fsp3) is 0.765. The average Bonchev–Trinajstić information content (AvgIpc) is 2.98. The van der Waals surface area contributed by atoms with E-state index in [0.717, 1.165) is 35.9 Å². The molecule has 0 spiro atoms. The molecule has 1 saturated carbocycles. The summed E-state index contributed by atoms with van der Waals surface area (Å²) in [6, 6.07) is 0. The number of thiazole rings is 1. The smallest absolute Gasteiger partial charge is 0.191 e. The Kier molecular flexibility index (Phi) is 9.43. The molecule has 0 radical (unpaired) electrons. The van der Waals surface area contributed by atoms with E-state index in [1.165, 1.54) is 31.4 Å². The van der Waals surface area contributed by atoms with Crippen molar-refractivity contribution in [1.29, 1.82) is 0 Å². The van der Waals surface area contributed by atoms with Crippen LogP contribution < -0.4 is 10.6 Å². The van der Waals surface area contributed by atoms with E-state index in [1.807, 2.05) is 7.05 Å². The van der Waals surface area contributed by atoms with Gasteiger partial charge in [-0.3, -0.25) is 4.99 Å². The number of hydrogen-bond donors (Lipinski definition) is 2. The van der Waals surface area contributed by atoms with Crippen LogP contribution in [0.15, 0.2) is 10.4 Å². The Morgan fingerprint density at radius 3 is 2.57 bits per heavy atom. The van der Waals surface area contributed by atoms with E-state index in [9.17, 15) is 0 Å². The molecule has 0 saturated heterocycles. The highest BCUT2D eigenvalue weighted by atomic mass is 127. The van der Waals surface area contributed by atoms with E-state index in [2.05, 4.69) is 46.8 Å². The second-order valence-electron chi connectivity index (χ2n) is 6.75. The first kappa shape index (κ1) is 20.7. The first-order valence-electron chi connectivity index (χ1n) is 8.47. The summed E-state index contributed by atoms with van der Waals surface area (Å²) in [6.07, 6.45) is 5.43. The molecule has 1 heterocycles. The molecule has 0 aliphatic heterocycles. The molecule has 1 aromatic rings. The van der Waals surface area contributed by atoms with Crippen LogP contribution in [0.25, 0.3) is 0 Å². The monoisotopic (exact) mass is 450 g/mol. The van der Waals surface area contributed by atoms with Crippen molar-refractivity contribution in [3.05, 3.63) is 16.1 Å². The molecule has 0 bridgehead atoms. The quantitative estimate of drug-likeness (QED) is 0.398. The van der Waals surface area contributed by atoms with Crippen molar-refractivity contribution in [3.8, 4) is 0 Å². The van der Waals surface area contributed by atoms with Gasteiger partial charge in [-0.05, 0) is 30.6 Å². The van der Waals surface area contributed by atoms with Gasteiger partial charge in [0.15, 0.2) is 5.96 Å². The van der Waals surface area contributed by atoms with Crippen LogP contribution in [0.3, 0.4) is 0 Å². The van der Waals surface area contributed by atoms with Gasteiger partial charge in [-0.25, -0.2) is 4.98 Å². The molecule has 1 aliphatic rings. The first-order chi connectivity index (χ1) is 10.6. The minimum absolute atomic E-state index is 0. The van der Waals surface area contributed by atoms with Crippen molar-refractivity contribution in [2.45, 2.75) is 58.9 Å². The van der Waals surface area contributed by atoms with Crippen LogP contribution in [0.4, 0.5) is 0 Å². The van der Waals surface area contributed by atoms with E-state index in [4.69, 9.17) is 0 Å². The van der Waals surface area contributed by atoms with Gasteiger partial charge in [0.05, 0.1) is 12.2 Å². The number of guanidine groups is 1. The maximum Gasteiger partial charge on any atom is 0.191 e. The number of halogens is 1. The lowest BCUT2D eigenvalue weighted by Crippen LogP contribution is -2.40. The van der Waals surface area contributed by atoms with Crippen LogP contribution in [-0.2, 0) is 6.54 Å². The summed E-state index contributed by atoms with van der Waals surface area (Å²) in [7, 11) is 1.83. The summed E-state index contributed by atoms with van der Waals surface area (Å²) in [4.78, 5) is 8.96. The number of nitrogens with one attached hydrogen (secondary N) is 2. The van der Waals surface area contributed by atoms with E-state index in [0.29, 0.717) is 5.92 Å². The van der Waals surface area contributed by atoms with Gasteiger partial charge in [0, 0.05) is 19.0 Å². The van der Waals surface area contributed by atoms with Crippen molar-refractivity contribution in [1.82, 2.24) is 15.6 Å². The highest BCUT2D eigenvalue weighted by Gasteiger charge is 2.18. The summed E-state index contributed by atoms with van der Waals surface area (Å²) in [5, 5.41) is 10.1. The van der Waals surface area contributed by atoms with E-state index < -0.39 is 0 Å². The second-order valence-corrected chi connectivity index (χ2v) is 7.70. The van der Waals surface area contributed by atoms with Crippen molar-refractivity contribution in [3.63, 3.8) is 0 Å². The van der Waals surface area contributed by atoms with Crippen LogP contribution in [0.2, 0.25) is 0 Å². The van der Waals surface area contributed by atoms with Gasteiger partial charge in [-0.15, -0.1) is 35.3 Å². The Bertz CT molecular complexity index is 479. The van der Waals surface area contributed by atoms with Gasteiger partial charge in [-0.2, -0.15) is 0 Å². The van der Waals surface area contributed by atoms with Crippen molar-refractivity contribution in [2.24, 2.45) is 16.8 Å². The SMILES string of the molecule is CN=C(NCc1nc(C(C)C)cs1)NCC1CCC(C)CC1.I. The summed E-state index contributed by atoms with van der Waals surface area (Å²) in [5.41, 5.74) is 1.18. The maximum absolute atomic E-state index is 4.65. The largest absolute Gasteiger partial charge is 0.356 e. The van der Waals surface area contributed by atoms with Gasteiger partial charge in [0.1, 0.15) is 5.01 Å². The van der Waals surface area contributed by atoms with Gasteiger partial charge in [0.2, 0.25) is 0 Å². The van der Waals surface area contributed by atoms with Gasteiger partial charge >= 0.3 is 0 Å². The van der Waals surface area contributed by atoms with E-state index in [1.54, 1.807) is 11.3 Å². The lowest BCUT2D eigenvalue weighted by atomic mass is 9.83. The number of aliphatic imine (C=N–C) groups is 1. The predicted octanol–water partition coefficient (Wildman–Crippen LogP) is 4.38. The molecule has 1 fully saturated rings. The predicted molar refractivity (Wildman–Crippen MR) is 111 cm³/mol. The highest BCUT2D eigenvalue weighted by molar-refractivity contribution is 14.0. The Hall–Kier alpha value is -0.370. The number of hydrogen-bond acceptors (Lipinski definition) is 3. The van der Waals surface area contributed by atoms with Gasteiger partial charge in [-0.1, -0.05) is 33.6 Å². The fourth-order valence-electron chi connectivity index (χ4n) is 2.83. The molecular weight excluding hydrogens is 419 g/mol. The van der Waals surface area contributed by atoms with Crippen LogP contribution in [0, 0.1) is 11.8 Å². The molecule has 0 unspecified atom stereocenters. The van der Waals surface area contributed by atoms with Crippen LogP contribution >= 0.6 is 35.3 Å². The molecular formula is C17H31IN4S. The topological polar surface area (TPSA) is 49.3 Å². The third-order valence-corrected chi connectivity index (χ3v) is 5.35. The molecule has 4 nitrogen and oxygen atoms in total. The average molecular weight is 450 g/mol. The molecule has 1 aromatic heterocycles. The normalized spacial score (nSPS) is 21.9. The molecule has 132 valence electrons. The zero-order valence-electron chi connectivity index (χ0n) is 14.8. The van der Waals surface area contributed by atoms with Crippen molar-refractivity contribution in [2.75, 3.05) is 13.6 Å². The summed E-state index contributed by atoms with van der Waals surface area (Å²) < 4.78 is 0. The van der Waals surface area contributed by atoms with Crippen molar-refractivity contribution >= 4 is 41.3 Å². The molecule has 23 heavy (non-hydrogen) atoms. The van der Waals surface area contributed by atoms with Crippen LogP contribution in [0.5, 0.6) is 0 Å². The number of rotatable bonds is 5. The maximum atomic E-state index is 4.65. The summed E-state index contributed by atoms with van der Waals surface area (Å²) >= 11 is 1.72. The highest BCUT2D eigenvalue weighted by Crippen LogP contribution is 2.27. The lowest BCUT2D eigenvalue weighted by Gasteiger charge is -2.26. The minimum Gasteiger partial charge on any atom is -0.356 e. The Labute approximate surface area is 162 Å². The molecule has 0 atom stereocenters. The number of nitrogens with zero attached hydrogens (tertiary/aromatic N) is 2. The number of aromatic nitrogens is 1. The fourth-order valence-corrected chi connectivity index (χ4v) is 3.72. The molecule has 0 amide bonds. The molecule has 1 aliphatic carbocycles. The second kappa shape index (κ2) is 10.5. The van der Waals surface area contributed by atoms with Crippen LogP contribution in [0.1, 0.15) is 63.1 Å². The van der Waals surface area contributed by atoms with E-state index >= 15 is 0 Å². The van der Waals surface area contributed by atoms with E-state index in [-0.39, 0.29) is 24.0 Å². The zero-order valence-corrected chi connectivity index (χ0v) is 17.9. The van der Waals surface area contributed by atoms with Crippen LogP contribution in [-0.4, -0.2) is 24.5 Å². The lowest BCUT2D eigenvalue weighted by molar-refractivity contribution is 0.289.